The molecule has 0 saturated carbocycles. The van der Waals surface area contributed by atoms with Gasteiger partial charge in [0.15, 0.2) is 0 Å². The van der Waals surface area contributed by atoms with Gasteiger partial charge in [-0.05, 0) is 31.1 Å². The van der Waals surface area contributed by atoms with E-state index in [1.807, 2.05) is 11.8 Å². The van der Waals surface area contributed by atoms with Crippen LogP contribution in [0.25, 0.3) is 0 Å². The third-order valence-corrected chi connectivity index (χ3v) is 4.90. The number of thioether (sulfide) groups is 1. The number of rotatable bonds is 5. The van der Waals surface area contributed by atoms with Crippen molar-refractivity contribution in [3.63, 3.8) is 0 Å². The van der Waals surface area contributed by atoms with Crippen LogP contribution in [-0.4, -0.2) is 23.7 Å². The van der Waals surface area contributed by atoms with Crippen LogP contribution in [0.1, 0.15) is 33.1 Å². The van der Waals surface area contributed by atoms with Crippen LogP contribution in [0.3, 0.4) is 0 Å². The predicted octanol–water partition coefficient (Wildman–Crippen LogP) is 5.16. The molecule has 1 heterocycles. The van der Waals surface area contributed by atoms with Crippen molar-refractivity contribution in [1.29, 1.82) is 0 Å². The van der Waals surface area contributed by atoms with E-state index in [9.17, 15) is 0 Å². The molecule has 3 heteroatoms. The molecule has 0 N–H and O–H groups in total. The SMILES string of the molecule is CCCN(CCC)C1=CCC2=Nc3ccccc3SC2=C1. The highest BCUT2D eigenvalue weighted by Crippen LogP contribution is 2.42. The first-order valence-electron chi connectivity index (χ1n) is 7.83. The summed E-state index contributed by atoms with van der Waals surface area (Å²) >= 11 is 1.86. The first-order valence-corrected chi connectivity index (χ1v) is 8.65. The molecule has 0 atom stereocenters. The number of allylic oxidation sites excluding steroid dienone is 3. The molecule has 0 radical (unpaired) electrons. The predicted molar refractivity (Wildman–Crippen MR) is 92.3 cm³/mol. The molecule has 0 unspecified atom stereocenters. The number of aliphatic imine (C=N–C) groups is 1. The van der Waals surface area contributed by atoms with Gasteiger partial charge in [-0.2, -0.15) is 0 Å². The standard InChI is InChI=1S/C18H22N2S/c1-3-11-20(12-4-2)14-9-10-16-18(13-14)21-17-8-6-5-7-15(17)19-16/h5-9,13H,3-4,10-12H2,1-2H3. The van der Waals surface area contributed by atoms with Crippen LogP contribution in [0.5, 0.6) is 0 Å². The van der Waals surface area contributed by atoms with E-state index in [0.29, 0.717) is 0 Å². The third kappa shape index (κ3) is 3.08. The highest BCUT2D eigenvalue weighted by Gasteiger charge is 2.21. The van der Waals surface area contributed by atoms with Crippen molar-refractivity contribution in [2.75, 3.05) is 13.1 Å². The van der Waals surface area contributed by atoms with E-state index in [1.165, 1.54) is 34.1 Å². The minimum absolute atomic E-state index is 0.951. The summed E-state index contributed by atoms with van der Waals surface area (Å²) in [6, 6.07) is 8.42. The van der Waals surface area contributed by atoms with Gasteiger partial charge >= 0.3 is 0 Å². The molecule has 2 nitrogen and oxygen atoms in total. The molecule has 0 amide bonds. The lowest BCUT2D eigenvalue weighted by Gasteiger charge is -2.29. The quantitative estimate of drug-likeness (QED) is 0.746. The summed E-state index contributed by atoms with van der Waals surface area (Å²) in [5, 5.41) is 0. The fraction of sp³-hybridized carbons (Fsp3) is 0.389. The van der Waals surface area contributed by atoms with Gasteiger partial charge in [-0.15, -0.1) is 0 Å². The van der Waals surface area contributed by atoms with E-state index in [2.05, 4.69) is 55.2 Å². The Hall–Kier alpha value is -1.48. The number of fused-ring (bicyclic) bond motifs is 2. The fourth-order valence-corrected chi connectivity index (χ4v) is 3.83. The number of benzene rings is 1. The number of hydrogen-bond donors (Lipinski definition) is 0. The van der Waals surface area contributed by atoms with Crippen molar-refractivity contribution in [2.24, 2.45) is 4.99 Å². The minimum atomic E-state index is 0.951. The third-order valence-electron chi connectivity index (χ3n) is 3.76. The van der Waals surface area contributed by atoms with Gasteiger partial charge in [-0.1, -0.05) is 43.8 Å². The van der Waals surface area contributed by atoms with Crippen LogP contribution >= 0.6 is 11.8 Å². The monoisotopic (exact) mass is 298 g/mol. The van der Waals surface area contributed by atoms with Gasteiger partial charge < -0.3 is 4.90 Å². The van der Waals surface area contributed by atoms with Crippen LogP contribution in [0.2, 0.25) is 0 Å². The Balaban J connectivity index is 1.86. The summed E-state index contributed by atoms with van der Waals surface area (Å²) < 4.78 is 0. The van der Waals surface area contributed by atoms with Gasteiger partial charge in [-0.25, -0.2) is 0 Å². The van der Waals surface area contributed by atoms with E-state index >= 15 is 0 Å². The molecule has 1 aliphatic heterocycles. The second-order valence-corrected chi connectivity index (χ2v) is 6.54. The number of hydrogen-bond acceptors (Lipinski definition) is 3. The summed E-state index contributed by atoms with van der Waals surface area (Å²) in [4.78, 5) is 9.91. The summed E-state index contributed by atoms with van der Waals surface area (Å²) in [5.74, 6) is 0. The molecule has 21 heavy (non-hydrogen) atoms. The molecule has 0 fully saturated rings. The molecule has 0 spiro atoms. The maximum Gasteiger partial charge on any atom is 0.0772 e. The normalized spacial score (nSPS) is 16.4. The molecule has 1 aliphatic carbocycles. The number of para-hydroxylation sites is 1. The summed E-state index contributed by atoms with van der Waals surface area (Å²) in [7, 11) is 0. The first kappa shape index (κ1) is 14.5. The lowest BCUT2D eigenvalue weighted by molar-refractivity contribution is 0.353. The molecule has 0 saturated heterocycles. The van der Waals surface area contributed by atoms with Crippen molar-refractivity contribution < 1.29 is 0 Å². The van der Waals surface area contributed by atoms with Gasteiger partial charge in [0, 0.05) is 35.0 Å². The van der Waals surface area contributed by atoms with E-state index in [4.69, 9.17) is 4.99 Å². The van der Waals surface area contributed by atoms with Crippen LogP contribution in [0, 0.1) is 0 Å². The van der Waals surface area contributed by atoms with Gasteiger partial charge in [0.05, 0.1) is 11.4 Å². The van der Waals surface area contributed by atoms with E-state index in [0.717, 1.165) is 25.2 Å². The smallest absolute Gasteiger partial charge is 0.0772 e. The minimum Gasteiger partial charge on any atom is -0.372 e. The molecular weight excluding hydrogens is 276 g/mol. The highest BCUT2D eigenvalue weighted by atomic mass is 32.2. The maximum atomic E-state index is 4.82. The van der Waals surface area contributed by atoms with Crippen molar-refractivity contribution in [1.82, 2.24) is 4.90 Å². The van der Waals surface area contributed by atoms with Crippen molar-refractivity contribution in [2.45, 2.75) is 38.0 Å². The molecule has 3 rings (SSSR count). The Morgan fingerprint density at radius 1 is 1.14 bits per heavy atom. The maximum absolute atomic E-state index is 4.82. The Bertz CT molecular complexity index is 607. The van der Waals surface area contributed by atoms with Crippen LogP contribution < -0.4 is 0 Å². The summed E-state index contributed by atoms with van der Waals surface area (Å²) in [6.45, 7) is 6.77. The molecule has 2 aliphatic rings. The largest absolute Gasteiger partial charge is 0.372 e. The van der Waals surface area contributed by atoms with Gasteiger partial charge in [-0.3, -0.25) is 4.99 Å². The van der Waals surface area contributed by atoms with Gasteiger partial charge in [0.1, 0.15) is 0 Å². The molecule has 1 aromatic rings. The van der Waals surface area contributed by atoms with Crippen LogP contribution in [0.4, 0.5) is 5.69 Å². The van der Waals surface area contributed by atoms with Crippen molar-refractivity contribution in [3.05, 3.63) is 47.0 Å². The van der Waals surface area contributed by atoms with E-state index in [-0.39, 0.29) is 0 Å². The van der Waals surface area contributed by atoms with E-state index in [1.54, 1.807) is 0 Å². The van der Waals surface area contributed by atoms with Crippen LogP contribution in [0.15, 0.2) is 56.9 Å². The molecular formula is C18H22N2S. The fourth-order valence-electron chi connectivity index (χ4n) is 2.80. The molecule has 110 valence electrons. The molecule has 1 aromatic carbocycles. The Morgan fingerprint density at radius 3 is 2.67 bits per heavy atom. The lowest BCUT2D eigenvalue weighted by atomic mass is 10.1. The van der Waals surface area contributed by atoms with Gasteiger partial charge in [0.25, 0.3) is 0 Å². The summed E-state index contributed by atoms with van der Waals surface area (Å²) in [6.07, 6.45) is 8.00. The van der Waals surface area contributed by atoms with Crippen LogP contribution in [-0.2, 0) is 0 Å². The topological polar surface area (TPSA) is 15.6 Å². The zero-order chi connectivity index (χ0) is 14.7. The van der Waals surface area contributed by atoms with Crippen molar-refractivity contribution >= 4 is 23.2 Å². The Labute approximate surface area is 131 Å². The second kappa shape index (κ2) is 6.52. The average Bonchev–Trinajstić information content (AvgIpc) is 2.52. The van der Waals surface area contributed by atoms with E-state index < -0.39 is 0 Å². The number of nitrogens with zero attached hydrogens (tertiary/aromatic N) is 2. The highest BCUT2D eigenvalue weighted by molar-refractivity contribution is 8.04. The Morgan fingerprint density at radius 2 is 1.90 bits per heavy atom. The zero-order valence-electron chi connectivity index (χ0n) is 12.8. The Kier molecular flexibility index (Phi) is 4.49. The molecule has 0 aromatic heterocycles. The molecule has 0 bridgehead atoms. The second-order valence-electron chi connectivity index (χ2n) is 5.46. The summed E-state index contributed by atoms with van der Waals surface area (Å²) in [5.41, 5.74) is 3.71. The average molecular weight is 298 g/mol. The van der Waals surface area contributed by atoms with Gasteiger partial charge in [0.2, 0.25) is 0 Å². The lowest BCUT2D eigenvalue weighted by Crippen LogP contribution is -2.26. The van der Waals surface area contributed by atoms with Crippen molar-refractivity contribution in [3.8, 4) is 0 Å². The zero-order valence-corrected chi connectivity index (χ0v) is 13.6. The first-order chi connectivity index (χ1) is 10.3.